The van der Waals surface area contributed by atoms with Gasteiger partial charge in [0.05, 0.1) is 23.8 Å². The lowest BCUT2D eigenvalue weighted by molar-refractivity contribution is -0.117. The minimum absolute atomic E-state index is 0.0344. The van der Waals surface area contributed by atoms with Crippen LogP contribution >= 0.6 is 0 Å². The van der Waals surface area contributed by atoms with Gasteiger partial charge in [-0.2, -0.15) is 0 Å². The third-order valence-electron chi connectivity index (χ3n) is 5.74. The number of methoxy groups -OCH3 is 1. The first kappa shape index (κ1) is 18.4. The summed E-state index contributed by atoms with van der Waals surface area (Å²) in [5.41, 5.74) is 5.77. The second kappa shape index (κ2) is 7.34. The number of hydrogen-bond acceptors (Lipinski definition) is 3. The summed E-state index contributed by atoms with van der Waals surface area (Å²) in [5.74, 6) is 1.78. The zero-order valence-corrected chi connectivity index (χ0v) is 17.0. The highest BCUT2D eigenvalue weighted by Gasteiger charge is 2.45. The largest absolute Gasteiger partial charge is 0.496 e. The summed E-state index contributed by atoms with van der Waals surface area (Å²) in [4.78, 5) is 21.1. The van der Waals surface area contributed by atoms with Gasteiger partial charge in [0.2, 0.25) is 5.91 Å². The lowest BCUT2D eigenvalue weighted by atomic mass is 10.1. The van der Waals surface area contributed by atoms with Crippen molar-refractivity contribution >= 4 is 22.6 Å². The predicted octanol–water partition coefficient (Wildman–Crippen LogP) is 5.29. The SMILES string of the molecule is COc1ccccc1[C@@H]1C[C@@H]1C(=O)Nc1ccc(C)cc1-c1nc2ccccc2[nH]1. The van der Waals surface area contributed by atoms with E-state index in [2.05, 4.69) is 16.4 Å². The van der Waals surface area contributed by atoms with E-state index in [1.165, 1.54) is 0 Å². The van der Waals surface area contributed by atoms with Crippen molar-refractivity contribution in [2.24, 2.45) is 5.92 Å². The predicted molar refractivity (Wildman–Crippen MR) is 119 cm³/mol. The summed E-state index contributed by atoms with van der Waals surface area (Å²) in [7, 11) is 1.67. The molecular formula is C25H23N3O2. The molecule has 2 atom stereocenters. The molecule has 1 amide bonds. The maximum Gasteiger partial charge on any atom is 0.228 e. The number of benzene rings is 3. The number of anilines is 1. The number of H-pyrrole nitrogens is 1. The lowest BCUT2D eigenvalue weighted by Gasteiger charge is -2.11. The molecule has 0 saturated heterocycles. The van der Waals surface area contributed by atoms with Crippen LogP contribution < -0.4 is 10.1 Å². The third kappa shape index (κ3) is 3.32. The van der Waals surface area contributed by atoms with E-state index in [-0.39, 0.29) is 17.7 Å². The number of imidazole rings is 1. The molecule has 5 rings (SSSR count). The Morgan fingerprint density at radius 2 is 1.90 bits per heavy atom. The smallest absolute Gasteiger partial charge is 0.228 e. The number of hydrogen-bond donors (Lipinski definition) is 2. The molecule has 0 spiro atoms. The Morgan fingerprint density at radius 3 is 2.73 bits per heavy atom. The molecule has 0 aliphatic heterocycles. The van der Waals surface area contributed by atoms with E-state index in [0.29, 0.717) is 0 Å². The molecule has 5 heteroatoms. The lowest BCUT2D eigenvalue weighted by Crippen LogP contribution is -2.15. The molecule has 1 saturated carbocycles. The number of nitrogens with zero attached hydrogens (tertiary/aromatic N) is 1. The molecule has 150 valence electrons. The summed E-state index contributed by atoms with van der Waals surface area (Å²) in [6.45, 7) is 2.04. The van der Waals surface area contributed by atoms with Gasteiger partial charge in [0.15, 0.2) is 0 Å². The summed E-state index contributed by atoms with van der Waals surface area (Å²) in [5, 5.41) is 3.14. The van der Waals surface area contributed by atoms with Crippen LogP contribution in [-0.2, 0) is 4.79 Å². The molecule has 5 nitrogen and oxygen atoms in total. The summed E-state index contributed by atoms with van der Waals surface area (Å²) in [6, 6.07) is 21.9. The second-order valence-electron chi connectivity index (χ2n) is 7.83. The van der Waals surface area contributed by atoms with Crippen molar-refractivity contribution in [1.82, 2.24) is 9.97 Å². The van der Waals surface area contributed by atoms with Crippen LogP contribution in [0.4, 0.5) is 5.69 Å². The maximum atomic E-state index is 13.0. The Morgan fingerprint density at radius 1 is 1.10 bits per heavy atom. The fourth-order valence-electron chi connectivity index (χ4n) is 4.07. The highest BCUT2D eigenvalue weighted by atomic mass is 16.5. The molecule has 1 aromatic heterocycles. The number of carbonyl (C=O) groups is 1. The van der Waals surface area contributed by atoms with Crippen molar-refractivity contribution < 1.29 is 9.53 Å². The fraction of sp³-hybridized carbons (Fsp3) is 0.200. The Labute approximate surface area is 175 Å². The van der Waals surface area contributed by atoms with Gasteiger partial charge in [-0.05, 0) is 55.2 Å². The molecule has 1 heterocycles. The van der Waals surface area contributed by atoms with Crippen LogP contribution in [0.15, 0.2) is 66.7 Å². The van der Waals surface area contributed by atoms with Gasteiger partial charge in [-0.25, -0.2) is 4.98 Å². The second-order valence-corrected chi connectivity index (χ2v) is 7.83. The van der Waals surface area contributed by atoms with Crippen molar-refractivity contribution in [3.8, 4) is 17.1 Å². The Hall–Kier alpha value is -3.60. The molecule has 2 N–H and O–H groups in total. The Bertz CT molecular complexity index is 1210. The van der Waals surface area contributed by atoms with Crippen LogP contribution in [-0.4, -0.2) is 23.0 Å². The van der Waals surface area contributed by atoms with Gasteiger partial charge in [0.25, 0.3) is 0 Å². The van der Waals surface area contributed by atoms with Crippen LogP contribution in [0.25, 0.3) is 22.4 Å². The molecule has 0 unspecified atom stereocenters. The summed E-state index contributed by atoms with van der Waals surface area (Å²) >= 11 is 0. The van der Waals surface area contributed by atoms with Crippen LogP contribution in [0.5, 0.6) is 5.75 Å². The normalized spacial score (nSPS) is 17.7. The Balaban J connectivity index is 1.41. The molecular weight excluding hydrogens is 374 g/mol. The van der Waals surface area contributed by atoms with E-state index >= 15 is 0 Å². The zero-order chi connectivity index (χ0) is 20.7. The molecule has 0 radical (unpaired) electrons. The first-order valence-electron chi connectivity index (χ1n) is 10.1. The molecule has 4 aromatic rings. The van der Waals surface area contributed by atoms with Gasteiger partial charge >= 0.3 is 0 Å². The van der Waals surface area contributed by atoms with Gasteiger partial charge in [0.1, 0.15) is 11.6 Å². The van der Waals surface area contributed by atoms with E-state index < -0.39 is 0 Å². The fourth-order valence-corrected chi connectivity index (χ4v) is 4.07. The van der Waals surface area contributed by atoms with E-state index in [1.807, 2.05) is 67.6 Å². The first-order chi connectivity index (χ1) is 14.6. The van der Waals surface area contributed by atoms with Gasteiger partial charge in [-0.15, -0.1) is 0 Å². The maximum absolute atomic E-state index is 13.0. The average Bonchev–Trinajstić information content (AvgIpc) is 3.45. The van der Waals surface area contributed by atoms with Gasteiger partial charge in [0, 0.05) is 11.5 Å². The number of fused-ring (bicyclic) bond motifs is 1. The molecule has 30 heavy (non-hydrogen) atoms. The highest BCUT2D eigenvalue weighted by molar-refractivity contribution is 5.99. The van der Waals surface area contributed by atoms with Crippen LogP contribution in [0.2, 0.25) is 0 Å². The van der Waals surface area contributed by atoms with Gasteiger partial charge in [-0.1, -0.05) is 42.0 Å². The zero-order valence-electron chi connectivity index (χ0n) is 17.0. The number of para-hydroxylation sites is 3. The van der Waals surface area contributed by atoms with Crippen LogP contribution in [0, 0.1) is 12.8 Å². The van der Waals surface area contributed by atoms with E-state index in [9.17, 15) is 4.79 Å². The topological polar surface area (TPSA) is 67.0 Å². The van der Waals surface area contributed by atoms with Crippen LogP contribution in [0.1, 0.15) is 23.5 Å². The first-order valence-corrected chi connectivity index (χ1v) is 10.1. The average molecular weight is 397 g/mol. The van der Waals surface area contributed by atoms with Gasteiger partial charge < -0.3 is 15.0 Å². The number of aromatic nitrogens is 2. The summed E-state index contributed by atoms with van der Waals surface area (Å²) in [6.07, 6.45) is 0.831. The van der Waals surface area contributed by atoms with E-state index in [0.717, 1.165) is 51.4 Å². The number of ether oxygens (including phenoxy) is 1. The number of amides is 1. The highest BCUT2D eigenvalue weighted by Crippen LogP contribution is 2.51. The quantitative estimate of drug-likeness (QED) is 0.481. The third-order valence-corrected chi connectivity index (χ3v) is 5.74. The minimum Gasteiger partial charge on any atom is -0.496 e. The van der Waals surface area contributed by atoms with E-state index in [4.69, 9.17) is 9.72 Å². The monoisotopic (exact) mass is 397 g/mol. The molecule has 1 fully saturated rings. The number of aromatic amines is 1. The van der Waals surface area contributed by atoms with Crippen LogP contribution in [0.3, 0.4) is 0 Å². The molecule has 1 aliphatic carbocycles. The molecule has 1 aliphatic rings. The number of carbonyl (C=O) groups excluding carboxylic acids is 1. The number of aryl methyl sites for hydroxylation is 1. The van der Waals surface area contributed by atoms with Crippen molar-refractivity contribution in [1.29, 1.82) is 0 Å². The number of nitrogens with one attached hydrogen (secondary N) is 2. The summed E-state index contributed by atoms with van der Waals surface area (Å²) < 4.78 is 5.47. The minimum atomic E-state index is -0.0499. The van der Waals surface area contributed by atoms with Crippen molar-refractivity contribution in [3.05, 3.63) is 77.9 Å². The standard InChI is InChI=1S/C25H23N3O2/c1-15-11-12-20(19(13-15)24-26-21-8-4-5-9-22(21)27-24)28-25(29)18-14-17(18)16-7-3-6-10-23(16)30-2/h3-13,17-18H,14H2,1-2H3,(H,26,27)(H,28,29)/t17-,18-/m0/s1. The Kier molecular flexibility index (Phi) is 4.51. The van der Waals surface area contributed by atoms with Gasteiger partial charge in [-0.3, -0.25) is 4.79 Å². The van der Waals surface area contributed by atoms with Crippen molar-refractivity contribution in [2.75, 3.05) is 12.4 Å². The van der Waals surface area contributed by atoms with E-state index in [1.54, 1.807) is 7.11 Å². The molecule has 0 bridgehead atoms. The molecule has 3 aromatic carbocycles. The van der Waals surface area contributed by atoms with Crippen molar-refractivity contribution in [3.63, 3.8) is 0 Å². The number of rotatable bonds is 5. The van der Waals surface area contributed by atoms with Crippen molar-refractivity contribution in [2.45, 2.75) is 19.3 Å².